The number of carbonyl (C=O) groups is 2. The van der Waals surface area contributed by atoms with Crippen molar-refractivity contribution in [2.24, 2.45) is 0 Å². The lowest BCUT2D eigenvalue weighted by Crippen LogP contribution is -2.38. The molecule has 256 valence electrons. The zero-order valence-electron chi connectivity index (χ0n) is 27.2. The predicted molar refractivity (Wildman–Crippen MR) is 174 cm³/mol. The maximum absolute atomic E-state index is 12.8. The third kappa shape index (κ3) is 7.06. The van der Waals surface area contributed by atoms with Gasteiger partial charge in [-0.2, -0.15) is 18.8 Å². The van der Waals surface area contributed by atoms with Crippen LogP contribution < -0.4 is 0 Å². The summed E-state index contributed by atoms with van der Waals surface area (Å²) in [7, 11) is -7.18. The highest BCUT2D eigenvalue weighted by atomic mass is 32.2. The van der Waals surface area contributed by atoms with Crippen LogP contribution in [0.4, 0.5) is 0 Å². The number of rotatable bonds is 8. The molecule has 0 atom stereocenters. The summed E-state index contributed by atoms with van der Waals surface area (Å²) < 4.78 is 62.2. The number of hydrogen-bond acceptors (Lipinski definition) is 9. The Bertz CT molecular complexity index is 2040. The standard InChI is InChI=1S/2C16H19N3O4S/c1-3-23-16(20)15-10-13-11-18(8-9-19(13)17-15)24(21,22)14-6-4-12(2)5-7-14;1-3-13-14-10-18(8-9-19(14)17-15(13)16(20)21)24(22,23)12-6-4-11(2)5-7-12/h4-7,10H,3,8-9,11H2,1-2H3;4-7H,3,8-10H2,1-2H3,(H,20,21). The quantitative estimate of drug-likeness (QED) is 0.269. The first kappa shape index (κ1) is 34.9. The van der Waals surface area contributed by atoms with Gasteiger partial charge in [-0.1, -0.05) is 42.3 Å². The number of hydrogen-bond donors (Lipinski definition) is 1. The molecule has 2 aromatic carbocycles. The molecule has 0 unspecified atom stereocenters. The zero-order chi connectivity index (χ0) is 34.8. The number of carbonyl (C=O) groups excluding carboxylic acids is 1. The number of carboxylic acids is 1. The first-order valence-electron chi connectivity index (χ1n) is 15.5. The highest BCUT2D eigenvalue weighted by Crippen LogP contribution is 2.26. The second-order valence-corrected chi connectivity index (χ2v) is 15.3. The molecule has 14 nitrogen and oxygen atoms in total. The van der Waals surface area contributed by atoms with Gasteiger partial charge in [0.15, 0.2) is 11.4 Å². The first-order chi connectivity index (χ1) is 22.8. The molecule has 16 heteroatoms. The normalized spacial score (nSPS) is 15.2. The molecular formula is C32H38N6O8S2. The third-order valence-electron chi connectivity index (χ3n) is 8.17. The van der Waals surface area contributed by atoms with Gasteiger partial charge < -0.3 is 9.84 Å². The average Bonchev–Trinajstić information content (AvgIpc) is 3.67. The molecular weight excluding hydrogens is 661 g/mol. The fourth-order valence-corrected chi connectivity index (χ4v) is 8.36. The summed E-state index contributed by atoms with van der Waals surface area (Å²) in [5, 5.41) is 17.6. The van der Waals surface area contributed by atoms with Gasteiger partial charge in [0.2, 0.25) is 20.0 Å². The highest BCUT2D eigenvalue weighted by Gasteiger charge is 2.33. The van der Waals surface area contributed by atoms with Crippen molar-refractivity contribution in [1.82, 2.24) is 28.2 Å². The van der Waals surface area contributed by atoms with E-state index in [1.807, 2.05) is 20.8 Å². The van der Waals surface area contributed by atoms with Crippen LogP contribution in [0, 0.1) is 13.8 Å². The Morgan fingerprint density at radius 2 is 1.29 bits per heavy atom. The maximum atomic E-state index is 12.8. The number of nitrogens with zero attached hydrogens (tertiary/aromatic N) is 6. The van der Waals surface area contributed by atoms with E-state index in [2.05, 4.69) is 10.2 Å². The first-order valence-corrected chi connectivity index (χ1v) is 18.3. The monoisotopic (exact) mass is 698 g/mol. The van der Waals surface area contributed by atoms with E-state index in [0.29, 0.717) is 43.0 Å². The number of benzene rings is 2. The van der Waals surface area contributed by atoms with E-state index >= 15 is 0 Å². The zero-order valence-corrected chi connectivity index (χ0v) is 28.8. The smallest absolute Gasteiger partial charge is 0.358 e. The number of aromatic carboxylic acids is 1. The molecule has 48 heavy (non-hydrogen) atoms. The maximum Gasteiger partial charge on any atom is 0.358 e. The van der Waals surface area contributed by atoms with Crippen molar-refractivity contribution in [1.29, 1.82) is 0 Å². The number of ether oxygens (including phenoxy) is 1. The summed E-state index contributed by atoms with van der Waals surface area (Å²) in [6.45, 7) is 9.31. The number of aromatic nitrogens is 4. The second kappa shape index (κ2) is 14.0. The SMILES string of the molecule is CCOC(=O)c1cc2n(n1)CCN(S(=O)(=O)c1ccc(C)cc1)C2.CCc1c(C(=O)O)nn2c1CN(S(=O)(=O)c1ccc(C)cc1)CC2. The summed E-state index contributed by atoms with van der Waals surface area (Å²) in [4.78, 5) is 23.6. The van der Waals surface area contributed by atoms with E-state index in [4.69, 9.17) is 4.74 Å². The summed E-state index contributed by atoms with van der Waals surface area (Å²) in [6, 6.07) is 15.1. The topological polar surface area (TPSA) is 174 Å². The van der Waals surface area contributed by atoms with Gasteiger partial charge in [-0.3, -0.25) is 9.36 Å². The Balaban J connectivity index is 0.000000188. The van der Waals surface area contributed by atoms with E-state index in [9.17, 15) is 31.5 Å². The molecule has 0 saturated carbocycles. The van der Waals surface area contributed by atoms with Gasteiger partial charge in [0.1, 0.15) is 0 Å². The van der Waals surface area contributed by atoms with Gasteiger partial charge in [0, 0.05) is 18.7 Å². The Morgan fingerprint density at radius 1 is 0.771 bits per heavy atom. The van der Waals surface area contributed by atoms with Gasteiger partial charge in [0.25, 0.3) is 0 Å². The molecule has 4 heterocycles. The molecule has 2 aliphatic rings. The fourth-order valence-electron chi connectivity index (χ4n) is 5.57. The van der Waals surface area contributed by atoms with Crippen LogP contribution in [0.2, 0.25) is 0 Å². The molecule has 0 bridgehead atoms. The van der Waals surface area contributed by atoms with Gasteiger partial charge in [-0.05, 0) is 57.5 Å². The highest BCUT2D eigenvalue weighted by molar-refractivity contribution is 7.89. The van der Waals surface area contributed by atoms with Gasteiger partial charge >= 0.3 is 11.9 Å². The van der Waals surface area contributed by atoms with Crippen LogP contribution in [0.3, 0.4) is 0 Å². The van der Waals surface area contributed by atoms with Crippen LogP contribution in [-0.4, -0.2) is 81.7 Å². The van der Waals surface area contributed by atoms with Crippen LogP contribution in [0.25, 0.3) is 0 Å². The van der Waals surface area contributed by atoms with Crippen LogP contribution in [0.15, 0.2) is 64.4 Å². The van der Waals surface area contributed by atoms with Gasteiger partial charge in [-0.15, -0.1) is 0 Å². The number of sulfonamides is 2. The molecule has 0 radical (unpaired) electrons. The second-order valence-electron chi connectivity index (χ2n) is 11.4. The van der Waals surface area contributed by atoms with Crippen molar-refractivity contribution in [2.75, 3.05) is 19.7 Å². The largest absolute Gasteiger partial charge is 0.476 e. The van der Waals surface area contributed by atoms with Crippen molar-refractivity contribution in [3.8, 4) is 0 Å². The van der Waals surface area contributed by atoms with Crippen molar-refractivity contribution in [3.63, 3.8) is 0 Å². The summed E-state index contributed by atoms with van der Waals surface area (Å²) in [5.41, 5.74) is 4.17. The lowest BCUT2D eigenvalue weighted by atomic mass is 10.1. The summed E-state index contributed by atoms with van der Waals surface area (Å²) in [5.74, 6) is -1.57. The van der Waals surface area contributed by atoms with E-state index < -0.39 is 32.0 Å². The lowest BCUT2D eigenvalue weighted by Gasteiger charge is -2.27. The molecule has 0 amide bonds. The van der Waals surface area contributed by atoms with Crippen LogP contribution >= 0.6 is 0 Å². The Hall–Kier alpha value is -4.38. The van der Waals surface area contributed by atoms with Gasteiger partial charge in [0.05, 0.1) is 54.0 Å². The average molecular weight is 699 g/mol. The molecule has 2 aliphatic heterocycles. The van der Waals surface area contributed by atoms with Gasteiger partial charge in [-0.25, -0.2) is 26.4 Å². The lowest BCUT2D eigenvalue weighted by molar-refractivity contribution is 0.0517. The van der Waals surface area contributed by atoms with Crippen LogP contribution in [0.5, 0.6) is 0 Å². The molecule has 6 rings (SSSR count). The molecule has 0 spiro atoms. The van der Waals surface area contributed by atoms with E-state index in [0.717, 1.165) is 11.1 Å². The fraction of sp³-hybridized carbons (Fsp3) is 0.375. The number of esters is 1. The molecule has 4 aromatic rings. The predicted octanol–water partition coefficient (Wildman–Crippen LogP) is 3.23. The Morgan fingerprint density at radius 3 is 1.79 bits per heavy atom. The third-order valence-corrected chi connectivity index (χ3v) is 11.9. The number of carboxylic acid groups (broad SMARTS) is 1. The molecule has 0 saturated heterocycles. The number of fused-ring (bicyclic) bond motifs is 2. The van der Waals surface area contributed by atoms with Crippen LogP contribution in [-0.2, 0) is 57.4 Å². The molecule has 0 fully saturated rings. The summed E-state index contributed by atoms with van der Waals surface area (Å²) >= 11 is 0. The van der Waals surface area contributed by atoms with E-state index in [1.165, 1.54) is 8.61 Å². The van der Waals surface area contributed by atoms with E-state index in [-0.39, 0.29) is 47.4 Å². The summed E-state index contributed by atoms with van der Waals surface area (Å²) in [6.07, 6.45) is 0.495. The minimum absolute atomic E-state index is 0.0158. The Kier molecular flexibility index (Phi) is 10.2. The van der Waals surface area contributed by atoms with Crippen LogP contribution in [0.1, 0.15) is 62.9 Å². The van der Waals surface area contributed by atoms with Crippen molar-refractivity contribution in [3.05, 3.63) is 94.1 Å². The minimum Gasteiger partial charge on any atom is -0.476 e. The van der Waals surface area contributed by atoms with Crippen molar-refractivity contribution < 1.29 is 36.3 Å². The van der Waals surface area contributed by atoms with Crippen molar-refractivity contribution >= 4 is 32.0 Å². The molecule has 2 aromatic heterocycles. The van der Waals surface area contributed by atoms with E-state index in [1.54, 1.807) is 70.9 Å². The Labute approximate surface area is 279 Å². The molecule has 1 N–H and O–H groups in total. The minimum atomic E-state index is -3.61. The number of aryl methyl sites for hydroxylation is 2. The molecule has 0 aliphatic carbocycles. The van der Waals surface area contributed by atoms with Crippen molar-refractivity contribution in [2.45, 2.75) is 70.1 Å².